The first-order valence-corrected chi connectivity index (χ1v) is 22.0. The molecule has 69 heavy (non-hydrogen) atoms. The van der Waals surface area contributed by atoms with Crippen molar-refractivity contribution in [2.75, 3.05) is 23.7 Å². The zero-order valence-corrected chi connectivity index (χ0v) is 38.5. The molecular formula is C50H42Cl2F6N6O5. The minimum Gasteiger partial charge on any atom is -0.478 e. The number of rotatable bonds is 15. The summed E-state index contributed by atoms with van der Waals surface area (Å²) in [6.45, 7) is 4.72. The Morgan fingerprint density at radius 3 is 1.43 bits per heavy atom. The van der Waals surface area contributed by atoms with E-state index < -0.39 is 31.2 Å². The van der Waals surface area contributed by atoms with E-state index in [1.807, 2.05) is 26.0 Å². The molecule has 11 nitrogen and oxygen atoms in total. The van der Waals surface area contributed by atoms with E-state index in [9.17, 15) is 41.0 Å². The predicted molar refractivity (Wildman–Crippen MR) is 254 cm³/mol. The molecule has 0 atom stereocenters. The molecule has 4 aromatic carbocycles. The number of hydrogen-bond donors (Lipinski definition) is 3. The maximum absolute atomic E-state index is 12.7. The van der Waals surface area contributed by atoms with Crippen LogP contribution in [0, 0.1) is 13.8 Å². The zero-order valence-electron chi connectivity index (χ0n) is 37.0. The summed E-state index contributed by atoms with van der Waals surface area (Å²) < 4.78 is 91.6. The second-order valence-electron chi connectivity index (χ2n) is 15.7. The van der Waals surface area contributed by atoms with Crippen LogP contribution >= 0.6 is 23.2 Å². The van der Waals surface area contributed by atoms with Gasteiger partial charge in [-0.05, 0) is 79.6 Å². The highest BCUT2D eigenvalue weighted by Gasteiger charge is 2.28. The van der Waals surface area contributed by atoms with E-state index >= 15 is 0 Å². The highest BCUT2D eigenvalue weighted by molar-refractivity contribution is 6.31. The van der Waals surface area contributed by atoms with Crippen LogP contribution < -0.4 is 20.1 Å². The molecule has 0 aliphatic carbocycles. The fourth-order valence-corrected chi connectivity index (χ4v) is 7.68. The molecule has 358 valence electrons. The molecular weight excluding hydrogens is 949 g/mol. The number of anilines is 2. The number of aryl methyl sites for hydroxylation is 2. The van der Waals surface area contributed by atoms with Gasteiger partial charge in [0.1, 0.15) is 23.0 Å². The number of ether oxygens (including phenoxy) is 2. The second-order valence-corrected chi connectivity index (χ2v) is 16.6. The van der Waals surface area contributed by atoms with Crippen molar-refractivity contribution in [2.24, 2.45) is 0 Å². The van der Waals surface area contributed by atoms with Gasteiger partial charge in [0.05, 0.1) is 66.0 Å². The third-order valence-corrected chi connectivity index (χ3v) is 11.0. The van der Waals surface area contributed by atoms with Crippen LogP contribution in [-0.2, 0) is 0 Å². The van der Waals surface area contributed by atoms with E-state index in [0.717, 1.165) is 11.1 Å². The van der Waals surface area contributed by atoms with Crippen molar-refractivity contribution in [2.45, 2.75) is 52.4 Å². The van der Waals surface area contributed by atoms with Crippen molar-refractivity contribution in [1.82, 2.24) is 18.8 Å². The summed E-state index contributed by atoms with van der Waals surface area (Å²) in [6.07, 6.45) is -3.59. The van der Waals surface area contributed by atoms with Crippen molar-refractivity contribution in [1.29, 1.82) is 0 Å². The van der Waals surface area contributed by atoms with Crippen molar-refractivity contribution in [3.05, 3.63) is 154 Å². The number of halogens is 8. The smallest absolute Gasteiger partial charge is 0.390 e. The Kier molecular flexibility index (Phi) is 15.1. The molecule has 0 amide bonds. The van der Waals surface area contributed by atoms with Crippen LogP contribution in [-0.4, -0.2) is 61.1 Å². The number of nitrogens with zero attached hydrogens (tertiary/aromatic N) is 4. The van der Waals surface area contributed by atoms with Gasteiger partial charge in [-0.3, -0.25) is 13.6 Å². The first-order chi connectivity index (χ1) is 32.7. The lowest BCUT2D eigenvalue weighted by Crippen LogP contribution is -2.15. The van der Waals surface area contributed by atoms with E-state index in [1.54, 1.807) is 119 Å². The summed E-state index contributed by atoms with van der Waals surface area (Å²) in [5.74, 6) is 0.705. The van der Waals surface area contributed by atoms with Crippen LogP contribution in [0.5, 0.6) is 23.0 Å². The Bertz CT molecular complexity index is 3170. The number of fused-ring (bicyclic) bond motifs is 2. The van der Waals surface area contributed by atoms with Crippen LogP contribution in [0.1, 0.15) is 58.0 Å². The maximum atomic E-state index is 12.7. The van der Waals surface area contributed by atoms with Gasteiger partial charge in [0, 0.05) is 58.4 Å². The monoisotopic (exact) mass is 990 g/mol. The second kappa shape index (κ2) is 21.0. The number of aromatic nitrogens is 4. The summed E-state index contributed by atoms with van der Waals surface area (Å²) in [5.41, 5.74) is 6.65. The molecule has 0 fully saturated rings. The van der Waals surface area contributed by atoms with Gasteiger partial charge >= 0.3 is 18.3 Å². The molecule has 0 aliphatic rings. The zero-order chi connectivity index (χ0) is 49.6. The number of nitrogens with one attached hydrogen (secondary N) is 2. The van der Waals surface area contributed by atoms with Gasteiger partial charge in [0.2, 0.25) is 0 Å². The van der Waals surface area contributed by atoms with Crippen molar-refractivity contribution >= 4 is 57.6 Å². The Balaban J connectivity index is 0.000000204. The molecule has 8 aromatic rings. The van der Waals surface area contributed by atoms with Crippen LogP contribution in [0.3, 0.4) is 0 Å². The van der Waals surface area contributed by atoms with Gasteiger partial charge in [0.15, 0.2) is 17.1 Å². The molecule has 0 saturated heterocycles. The topological polar surface area (TPSA) is 131 Å². The van der Waals surface area contributed by atoms with Crippen LogP contribution in [0.25, 0.3) is 33.8 Å². The quantitative estimate of drug-likeness (QED) is 0.0678. The molecule has 0 unspecified atom stereocenters. The minimum absolute atomic E-state index is 0.0561. The number of carbonyl (C=O) groups is 2. The SMILES string of the molecule is CCC(=O)c1ccc(-c2cnc3c(NCCC(F)(F)F)cc(Oc4cccc(Cl)c4)cn23)cc1C.Cc1cc(-c2cnc3c(NCCC(F)(F)F)cc(Oc4cccc(Cl)c4)cn23)ccc1C(=O)O. The van der Waals surface area contributed by atoms with Crippen LogP contribution in [0.2, 0.25) is 10.0 Å². The Morgan fingerprint density at radius 1 is 0.623 bits per heavy atom. The van der Waals surface area contributed by atoms with Crippen LogP contribution in [0.15, 0.2) is 122 Å². The standard InChI is InChI=1S/C26H23ClF3N3O2.C24H19ClF3N3O3/c1-3-24(34)21-8-7-17(11-16(21)2)23-14-32-25-22(31-10-9-26(28,29)30)13-20(15-33(23)25)35-19-6-4-5-18(27)12-19;1-14-9-15(5-6-19(14)23(32)33)21-12-30-22-20(29-8-7-24(26,27)28)11-18(13-31(21)22)34-17-4-2-3-16(25)10-17/h4-8,11-15,31H,3,9-10H2,1-2H3;2-6,9-13,29H,7-8H2,1H3,(H,32,33). The van der Waals surface area contributed by atoms with E-state index in [4.69, 9.17) is 32.7 Å². The molecule has 4 heterocycles. The summed E-state index contributed by atoms with van der Waals surface area (Å²) in [5, 5.41) is 15.9. The molecule has 4 aromatic heterocycles. The van der Waals surface area contributed by atoms with E-state index in [-0.39, 0.29) is 24.4 Å². The summed E-state index contributed by atoms with van der Waals surface area (Å²) in [4.78, 5) is 32.4. The van der Waals surface area contributed by atoms with Crippen molar-refractivity contribution in [3.63, 3.8) is 0 Å². The number of hydrogen-bond acceptors (Lipinski definition) is 8. The number of aromatic carboxylic acids is 1. The molecule has 0 radical (unpaired) electrons. The number of imidazole rings is 2. The summed E-state index contributed by atoms with van der Waals surface area (Å²) in [6, 6.07) is 27.1. The molecule has 0 saturated carbocycles. The summed E-state index contributed by atoms with van der Waals surface area (Å²) >= 11 is 12.1. The normalized spacial score (nSPS) is 11.6. The number of carboxylic acids is 1. The number of benzene rings is 4. The molecule has 0 spiro atoms. The Hall–Kier alpha value is -7.24. The van der Waals surface area contributed by atoms with Crippen LogP contribution in [0.4, 0.5) is 37.7 Å². The molecule has 3 N–H and O–H groups in total. The predicted octanol–water partition coefficient (Wildman–Crippen LogP) is 14.5. The third-order valence-electron chi connectivity index (χ3n) is 10.6. The fraction of sp³-hybridized carbons (Fsp3) is 0.200. The fourth-order valence-electron chi connectivity index (χ4n) is 7.32. The number of Topliss-reactive ketones (excluding diaryl/α,β-unsaturated/α-hetero) is 1. The van der Waals surface area contributed by atoms with Crippen molar-refractivity contribution < 1.29 is 50.5 Å². The van der Waals surface area contributed by atoms with Gasteiger partial charge in [-0.2, -0.15) is 26.3 Å². The van der Waals surface area contributed by atoms with Gasteiger partial charge in [0.25, 0.3) is 0 Å². The highest BCUT2D eigenvalue weighted by atomic mass is 35.5. The lowest BCUT2D eigenvalue weighted by molar-refractivity contribution is -0.132. The molecule has 0 bridgehead atoms. The number of alkyl halides is 6. The van der Waals surface area contributed by atoms with Gasteiger partial charge in [-0.1, -0.05) is 60.5 Å². The lowest BCUT2D eigenvalue weighted by Gasteiger charge is -2.14. The van der Waals surface area contributed by atoms with E-state index in [0.29, 0.717) is 90.2 Å². The van der Waals surface area contributed by atoms with Crippen molar-refractivity contribution in [3.8, 4) is 45.5 Å². The Labute approximate surface area is 401 Å². The number of carbonyl (C=O) groups excluding carboxylic acids is 1. The Morgan fingerprint density at radius 2 is 1.06 bits per heavy atom. The number of pyridine rings is 2. The van der Waals surface area contributed by atoms with Gasteiger partial charge < -0.3 is 25.2 Å². The minimum atomic E-state index is -4.30. The molecule has 19 heteroatoms. The first kappa shape index (κ1) is 49.7. The van der Waals surface area contributed by atoms with Gasteiger partial charge in [-0.25, -0.2) is 14.8 Å². The number of ketones is 1. The van der Waals surface area contributed by atoms with E-state index in [2.05, 4.69) is 20.6 Å². The van der Waals surface area contributed by atoms with Gasteiger partial charge in [-0.15, -0.1) is 0 Å². The lowest BCUT2D eigenvalue weighted by atomic mass is 9.99. The average molecular weight is 992 g/mol. The van der Waals surface area contributed by atoms with E-state index in [1.165, 1.54) is 6.07 Å². The first-order valence-electron chi connectivity index (χ1n) is 21.2. The third kappa shape index (κ3) is 12.7. The highest BCUT2D eigenvalue weighted by Crippen LogP contribution is 2.35. The molecule has 0 aliphatic heterocycles. The average Bonchev–Trinajstić information content (AvgIpc) is 3.90. The largest absolute Gasteiger partial charge is 0.478 e. The molecule has 8 rings (SSSR count). The summed E-state index contributed by atoms with van der Waals surface area (Å²) in [7, 11) is 0. The number of carboxylic acid groups (broad SMARTS) is 1. The maximum Gasteiger partial charge on any atom is 0.390 e.